The smallest absolute Gasteiger partial charge is 0.0392 e. The average molecular weight is 179 g/mol. The first kappa shape index (κ1) is 10.5. The Morgan fingerprint density at radius 1 is 1.00 bits per heavy atom. The van der Waals surface area contributed by atoms with Gasteiger partial charge in [0.15, 0.2) is 0 Å². The summed E-state index contributed by atoms with van der Waals surface area (Å²) in [5.74, 6) is 0. The van der Waals surface area contributed by atoms with Crippen LogP contribution in [0.2, 0.25) is 0 Å². The quantitative estimate of drug-likeness (QED) is 0.581. The Bertz CT molecular complexity index is 180. The minimum atomic E-state index is 1.04. The molecule has 0 amide bonds. The van der Waals surface area contributed by atoms with Gasteiger partial charge < -0.3 is 0 Å². The second-order valence-corrected chi connectivity index (χ2v) is 3.74. The van der Waals surface area contributed by atoms with Crippen LogP contribution in [-0.4, -0.2) is 12.3 Å². The molecular formula is C12H21N. The fraction of sp³-hybridized carbons (Fsp3) is 0.750. The van der Waals surface area contributed by atoms with Crippen LogP contribution < -0.4 is 0 Å². The normalized spacial score (nSPS) is 21.5. The van der Waals surface area contributed by atoms with Gasteiger partial charge in [-0.3, -0.25) is 4.99 Å². The van der Waals surface area contributed by atoms with Gasteiger partial charge in [-0.2, -0.15) is 0 Å². The lowest BCUT2D eigenvalue weighted by atomic mass is 10.1. The van der Waals surface area contributed by atoms with E-state index in [9.17, 15) is 0 Å². The number of hydrogen-bond donors (Lipinski definition) is 0. The summed E-state index contributed by atoms with van der Waals surface area (Å²) >= 11 is 0. The second-order valence-electron chi connectivity index (χ2n) is 3.74. The van der Waals surface area contributed by atoms with Crippen LogP contribution in [0.4, 0.5) is 0 Å². The van der Waals surface area contributed by atoms with E-state index in [0.717, 1.165) is 6.54 Å². The highest BCUT2D eigenvalue weighted by molar-refractivity contribution is 5.94. The van der Waals surface area contributed by atoms with Crippen LogP contribution in [0.5, 0.6) is 0 Å². The van der Waals surface area contributed by atoms with Crippen molar-refractivity contribution in [2.45, 2.75) is 51.9 Å². The molecule has 1 heteroatoms. The lowest BCUT2D eigenvalue weighted by Crippen LogP contribution is -1.98. The number of hydrogen-bond acceptors (Lipinski definition) is 1. The topological polar surface area (TPSA) is 12.4 Å². The van der Waals surface area contributed by atoms with E-state index in [2.05, 4.69) is 24.1 Å². The largest absolute Gasteiger partial charge is 0.290 e. The summed E-state index contributed by atoms with van der Waals surface area (Å²) in [5, 5.41) is 0. The number of rotatable bonds is 1. The number of allylic oxidation sites excluding steroid dienone is 2. The van der Waals surface area contributed by atoms with Crippen molar-refractivity contribution in [3.05, 3.63) is 12.2 Å². The molecular weight excluding hydrogens is 158 g/mol. The Morgan fingerprint density at radius 2 is 1.69 bits per heavy atom. The molecule has 0 aromatic heterocycles. The van der Waals surface area contributed by atoms with Crippen LogP contribution >= 0.6 is 0 Å². The lowest BCUT2D eigenvalue weighted by molar-refractivity contribution is 0.597. The molecule has 1 heterocycles. The molecule has 0 aliphatic carbocycles. The highest BCUT2D eigenvalue weighted by Crippen LogP contribution is 2.10. The third kappa shape index (κ3) is 4.87. The van der Waals surface area contributed by atoms with E-state index < -0.39 is 0 Å². The summed E-state index contributed by atoms with van der Waals surface area (Å²) in [6.45, 7) is 3.11. The Morgan fingerprint density at radius 3 is 2.46 bits per heavy atom. The van der Waals surface area contributed by atoms with Gasteiger partial charge in [0, 0.05) is 12.3 Å². The first-order valence-corrected chi connectivity index (χ1v) is 5.59. The van der Waals surface area contributed by atoms with Crippen molar-refractivity contribution in [2.75, 3.05) is 6.54 Å². The molecule has 13 heavy (non-hydrogen) atoms. The van der Waals surface area contributed by atoms with E-state index in [-0.39, 0.29) is 0 Å². The molecule has 0 saturated carbocycles. The van der Waals surface area contributed by atoms with Crippen molar-refractivity contribution in [3.8, 4) is 0 Å². The zero-order valence-corrected chi connectivity index (χ0v) is 8.76. The molecule has 0 aromatic carbocycles. The third-order valence-corrected chi connectivity index (χ3v) is 2.51. The fourth-order valence-corrected chi connectivity index (χ4v) is 1.76. The summed E-state index contributed by atoms with van der Waals surface area (Å²) < 4.78 is 0. The Hall–Kier alpha value is -0.590. The summed E-state index contributed by atoms with van der Waals surface area (Å²) in [7, 11) is 0. The zero-order valence-electron chi connectivity index (χ0n) is 8.76. The van der Waals surface area contributed by atoms with Gasteiger partial charge in [0.05, 0.1) is 0 Å². The molecule has 1 nitrogen and oxygen atoms in total. The van der Waals surface area contributed by atoms with E-state index in [4.69, 9.17) is 0 Å². The minimum absolute atomic E-state index is 1.04. The van der Waals surface area contributed by atoms with Crippen molar-refractivity contribution < 1.29 is 0 Å². The third-order valence-electron chi connectivity index (χ3n) is 2.51. The Labute approximate surface area is 82.0 Å². The monoisotopic (exact) mass is 179 g/mol. The van der Waals surface area contributed by atoms with Gasteiger partial charge in [0.1, 0.15) is 0 Å². The van der Waals surface area contributed by atoms with Gasteiger partial charge in [0.25, 0.3) is 0 Å². The highest BCUT2D eigenvalue weighted by atomic mass is 14.7. The van der Waals surface area contributed by atoms with Gasteiger partial charge in [-0.1, -0.05) is 31.8 Å². The summed E-state index contributed by atoms with van der Waals surface area (Å²) in [6.07, 6.45) is 13.6. The molecule has 74 valence electrons. The molecule has 0 atom stereocenters. The van der Waals surface area contributed by atoms with Gasteiger partial charge in [-0.15, -0.1) is 0 Å². The van der Waals surface area contributed by atoms with Gasteiger partial charge in [0.2, 0.25) is 0 Å². The van der Waals surface area contributed by atoms with Crippen LogP contribution in [0.3, 0.4) is 0 Å². The van der Waals surface area contributed by atoms with Crippen LogP contribution in [-0.2, 0) is 0 Å². The van der Waals surface area contributed by atoms with Gasteiger partial charge >= 0.3 is 0 Å². The fourth-order valence-electron chi connectivity index (χ4n) is 1.76. The van der Waals surface area contributed by atoms with Gasteiger partial charge in [-0.25, -0.2) is 0 Å². The molecule has 0 fully saturated rings. The van der Waals surface area contributed by atoms with E-state index in [0.29, 0.717) is 0 Å². The Kier molecular flexibility index (Phi) is 5.55. The van der Waals surface area contributed by atoms with E-state index in [1.54, 1.807) is 0 Å². The summed E-state index contributed by atoms with van der Waals surface area (Å²) in [4.78, 5) is 4.60. The van der Waals surface area contributed by atoms with E-state index >= 15 is 0 Å². The first-order chi connectivity index (χ1) is 6.43. The maximum atomic E-state index is 4.60. The first-order valence-electron chi connectivity index (χ1n) is 5.59. The standard InChI is InChI=1S/C12H21N/c1-2-9-12-10-7-5-3-4-6-8-11-13-12/h2,9H,3-8,10-11H2,1H3/b9-2+,13-12?. The van der Waals surface area contributed by atoms with Gasteiger partial charge in [-0.05, 0) is 32.3 Å². The van der Waals surface area contributed by atoms with Crippen LogP contribution in [0.25, 0.3) is 0 Å². The molecule has 0 N–H and O–H groups in total. The molecule has 1 rings (SSSR count). The number of nitrogens with zero attached hydrogens (tertiary/aromatic N) is 1. The van der Waals surface area contributed by atoms with Crippen LogP contribution in [0, 0.1) is 0 Å². The summed E-state index contributed by atoms with van der Waals surface area (Å²) in [6, 6.07) is 0. The van der Waals surface area contributed by atoms with Crippen molar-refractivity contribution in [1.29, 1.82) is 0 Å². The Balaban J connectivity index is 2.42. The van der Waals surface area contributed by atoms with Crippen molar-refractivity contribution in [2.24, 2.45) is 4.99 Å². The van der Waals surface area contributed by atoms with Crippen LogP contribution in [0.15, 0.2) is 17.1 Å². The molecule has 0 aromatic rings. The zero-order chi connectivity index (χ0) is 9.36. The summed E-state index contributed by atoms with van der Waals surface area (Å²) in [5.41, 5.74) is 1.31. The molecule has 0 unspecified atom stereocenters. The molecule has 0 saturated heterocycles. The molecule has 1 aliphatic heterocycles. The van der Waals surface area contributed by atoms with E-state index in [1.165, 1.54) is 50.7 Å². The van der Waals surface area contributed by atoms with Crippen molar-refractivity contribution in [1.82, 2.24) is 0 Å². The average Bonchev–Trinajstić information content (AvgIpc) is 2.16. The molecule has 1 aliphatic rings. The molecule has 0 spiro atoms. The SMILES string of the molecule is C/C=C/C1=NCCCCCCCC1. The van der Waals surface area contributed by atoms with Crippen molar-refractivity contribution >= 4 is 5.71 Å². The second kappa shape index (κ2) is 6.88. The molecule has 0 radical (unpaired) electrons. The minimum Gasteiger partial charge on any atom is -0.290 e. The highest BCUT2D eigenvalue weighted by Gasteiger charge is 1.98. The molecule has 0 bridgehead atoms. The van der Waals surface area contributed by atoms with Crippen molar-refractivity contribution in [3.63, 3.8) is 0 Å². The maximum absolute atomic E-state index is 4.60. The van der Waals surface area contributed by atoms with E-state index in [1.807, 2.05) is 0 Å². The number of aliphatic imine (C=N–C) groups is 1. The predicted molar refractivity (Wildman–Crippen MR) is 59.4 cm³/mol. The maximum Gasteiger partial charge on any atom is 0.0392 e. The predicted octanol–water partition coefficient (Wildman–Crippen LogP) is 3.75. The van der Waals surface area contributed by atoms with Crippen LogP contribution in [0.1, 0.15) is 51.9 Å². The lowest BCUT2D eigenvalue weighted by Gasteiger charge is -2.06.